The zero-order valence-corrected chi connectivity index (χ0v) is 13.1. The van der Waals surface area contributed by atoms with Gasteiger partial charge in [0.25, 0.3) is 11.8 Å². The molecular formula is C18H19N3O2. The van der Waals surface area contributed by atoms with Gasteiger partial charge in [0.2, 0.25) is 0 Å². The molecule has 118 valence electrons. The van der Waals surface area contributed by atoms with Crippen LogP contribution in [0, 0.1) is 13.8 Å². The fraction of sp³-hybridized carbons (Fsp3) is 0.222. The van der Waals surface area contributed by atoms with Crippen LogP contribution >= 0.6 is 0 Å². The largest absolute Gasteiger partial charge is 0.338 e. The third kappa shape index (κ3) is 3.24. The standard InChI is InChI=1S/C18H19N3O2/c1-11-3-7-13(8-4-11)15-16(18(23)21-20-15)19-17(22)14-9-5-12(2)6-10-14/h3-10,15-16,20H,1-2H3,(H,19,22)(H,21,23)/t15-,16-/m1/s1. The van der Waals surface area contributed by atoms with E-state index in [4.69, 9.17) is 0 Å². The van der Waals surface area contributed by atoms with Crippen molar-refractivity contribution in [1.82, 2.24) is 16.2 Å². The van der Waals surface area contributed by atoms with Gasteiger partial charge in [0.05, 0.1) is 6.04 Å². The average molecular weight is 309 g/mol. The number of carbonyl (C=O) groups excluding carboxylic acids is 2. The summed E-state index contributed by atoms with van der Waals surface area (Å²) >= 11 is 0. The number of hydrogen-bond acceptors (Lipinski definition) is 3. The predicted octanol–water partition coefficient (Wildman–Crippen LogP) is 1.78. The van der Waals surface area contributed by atoms with Gasteiger partial charge in [0.15, 0.2) is 0 Å². The number of amides is 2. The van der Waals surface area contributed by atoms with Gasteiger partial charge in [-0.25, -0.2) is 5.43 Å². The number of benzene rings is 2. The Labute approximate surface area is 135 Å². The predicted molar refractivity (Wildman–Crippen MR) is 87.6 cm³/mol. The molecule has 1 saturated heterocycles. The molecule has 1 heterocycles. The molecule has 0 saturated carbocycles. The van der Waals surface area contributed by atoms with Crippen LogP contribution in [-0.2, 0) is 4.79 Å². The van der Waals surface area contributed by atoms with Gasteiger partial charge in [-0.05, 0) is 31.5 Å². The molecule has 2 amide bonds. The molecule has 2 aromatic rings. The van der Waals surface area contributed by atoms with Crippen molar-refractivity contribution in [3.8, 4) is 0 Å². The smallest absolute Gasteiger partial charge is 0.258 e. The lowest BCUT2D eigenvalue weighted by Crippen LogP contribution is -2.42. The van der Waals surface area contributed by atoms with Gasteiger partial charge in [-0.15, -0.1) is 0 Å². The second-order valence-electron chi connectivity index (χ2n) is 5.84. The van der Waals surface area contributed by atoms with Crippen molar-refractivity contribution in [3.05, 3.63) is 70.8 Å². The quantitative estimate of drug-likeness (QED) is 0.809. The van der Waals surface area contributed by atoms with Crippen LogP contribution in [0.2, 0.25) is 0 Å². The van der Waals surface area contributed by atoms with E-state index in [1.165, 1.54) is 0 Å². The van der Waals surface area contributed by atoms with Crippen molar-refractivity contribution in [2.24, 2.45) is 0 Å². The number of carbonyl (C=O) groups is 2. The molecule has 23 heavy (non-hydrogen) atoms. The molecule has 3 rings (SSSR count). The van der Waals surface area contributed by atoms with E-state index in [1.807, 2.05) is 50.2 Å². The summed E-state index contributed by atoms with van der Waals surface area (Å²) < 4.78 is 0. The summed E-state index contributed by atoms with van der Waals surface area (Å²) in [5.74, 6) is -0.498. The van der Waals surface area contributed by atoms with Gasteiger partial charge < -0.3 is 5.32 Å². The normalized spacial score (nSPS) is 20.2. The van der Waals surface area contributed by atoms with E-state index in [2.05, 4.69) is 16.2 Å². The third-order valence-electron chi connectivity index (χ3n) is 4.00. The number of aryl methyl sites for hydroxylation is 2. The fourth-order valence-electron chi connectivity index (χ4n) is 2.59. The SMILES string of the molecule is Cc1ccc(C(=O)N[C@H]2C(=O)NN[C@@H]2c2ccc(C)cc2)cc1. The van der Waals surface area contributed by atoms with Crippen molar-refractivity contribution >= 4 is 11.8 Å². The third-order valence-corrected chi connectivity index (χ3v) is 4.00. The first-order valence-electron chi connectivity index (χ1n) is 7.54. The number of hydrogen-bond donors (Lipinski definition) is 3. The van der Waals surface area contributed by atoms with Crippen LogP contribution in [0.1, 0.15) is 33.1 Å². The maximum atomic E-state index is 12.4. The Balaban J connectivity index is 1.78. The van der Waals surface area contributed by atoms with Crippen molar-refractivity contribution < 1.29 is 9.59 Å². The van der Waals surface area contributed by atoms with E-state index in [0.29, 0.717) is 5.56 Å². The summed E-state index contributed by atoms with van der Waals surface area (Å²) in [6.07, 6.45) is 0. The van der Waals surface area contributed by atoms with E-state index in [0.717, 1.165) is 16.7 Å². The molecule has 0 unspecified atom stereocenters. The Morgan fingerprint density at radius 2 is 1.52 bits per heavy atom. The number of hydrazine groups is 1. The molecule has 0 aliphatic carbocycles. The van der Waals surface area contributed by atoms with Gasteiger partial charge in [-0.3, -0.25) is 15.0 Å². The molecule has 2 atom stereocenters. The molecule has 1 aliphatic rings. The zero-order chi connectivity index (χ0) is 16.4. The molecular weight excluding hydrogens is 290 g/mol. The minimum absolute atomic E-state index is 0.240. The van der Waals surface area contributed by atoms with E-state index >= 15 is 0 Å². The van der Waals surface area contributed by atoms with Crippen LogP contribution in [0.5, 0.6) is 0 Å². The Morgan fingerprint density at radius 3 is 2.13 bits per heavy atom. The van der Waals surface area contributed by atoms with Crippen LogP contribution in [0.15, 0.2) is 48.5 Å². The number of rotatable bonds is 3. The Morgan fingerprint density at radius 1 is 0.957 bits per heavy atom. The van der Waals surface area contributed by atoms with Crippen molar-refractivity contribution in [3.63, 3.8) is 0 Å². The molecule has 0 radical (unpaired) electrons. The minimum Gasteiger partial charge on any atom is -0.338 e. The minimum atomic E-state index is -0.647. The van der Waals surface area contributed by atoms with Gasteiger partial charge in [0, 0.05) is 5.56 Å². The van der Waals surface area contributed by atoms with Crippen LogP contribution in [-0.4, -0.2) is 17.9 Å². The lowest BCUT2D eigenvalue weighted by atomic mass is 9.99. The summed E-state index contributed by atoms with van der Waals surface area (Å²) in [5.41, 5.74) is 9.25. The number of nitrogens with one attached hydrogen (secondary N) is 3. The van der Waals surface area contributed by atoms with E-state index in [9.17, 15) is 9.59 Å². The highest BCUT2D eigenvalue weighted by Crippen LogP contribution is 2.21. The highest BCUT2D eigenvalue weighted by Gasteiger charge is 2.36. The first-order chi connectivity index (χ1) is 11.0. The zero-order valence-electron chi connectivity index (χ0n) is 13.1. The highest BCUT2D eigenvalue weighted by molar-refractivity contribution is 5.98. The summed E-state index contributed by atoms with van der Waals surface area (Å²) in [7, 11) is 0. The van der Waals surface area contributed by atoms with E-state index in [-0.39, 0.29) is 17.9 Å². The molecule has 1 fully saturated rings. The van der Waals surface area contributed by atoms with Crippen LogP contribution < -0.4 is 16.2 Å². The molecule has 2 aromatic carbocycles. The van der Waals surface area contributed by atoms with Crippen molar-refractivity contribution in [2.45, 2.75) is 25.9 Å². The average Bonchev–Trinajstić information content (AvgIpc) is 2.90. The van der Waals surface area contributed by atoms with Gasteiger partial charge in [-0.2, -0.15) is 0 Å². The molecule has 3 N–H and O–H groups in total. The maximum Gasteiger partial charge on any atom is 0.258 e. The highest BCUT2D eigenvalue weighted by atomic mass is 16.2. The van der Waals surface area contributed by atoms with E-state index < -0.39 is 6.04 Å². The first-order valence-corrected chi connectivity index (χ1v) is 7.54. The first kappa shape index (κ1) is 15.2. The Hall–Kier alpha value is -2.66. The Kier molecular flexibility index (Phi) is 4.12. The van der Waals surface area contributed by atoms with Crippen molar-refractivity contribution in [1.29, 1.82) is 0 Å². The molecule has 0 spiro atoms. The molecule has 0 aromatic heterocycles. The summed E-state index contributed by atoms with van der Waals surface area (Å²) in [4.78, 5) is 24.4. The molecule has 1 aliphatic heterocycles. The fourth-order valence-corrected chi connectivity index (χ4v) is 2.59. The van der Waals surface area contributed by atoms with Gasteiger partial charge in [0.1, 0.15) is 6.04 Å². The topological polar surface area (TPSA) is 70.2 Å². The monoisotopic (exact) mass is 309 g/mol. The summed E-state index contributed by atoms with van der Waals surface area (Å²) in [5, 5.41) is 2.81. The summed E-state index contributed by atoms with van der Waals surface area (Å²) in [6.45, 7) is 3.97. The van der Waals surface area contributed by atoms with Crippen molar-refractivity contribution in [2.75, 3.05) is 0 Å². The van der Waals surface area contributed by atoms with Crippen LogP contribution in [0.25, 0.3) is 0 Å². The van der Waals surface area contributed by atoms with Crippen LogP contribution in [0.3, 0.4) is 0 Å². The maximum absolute atomic E-state index is 12.4. The van der Waals surface area contributed by atoms with Gasteiger partial charge in [-0.1, -0.05) is 47.5 Å². The molecule has 0 bridgehead atoms. The summed E-state index contributed by atoms with van der Waals surface area (Å²) in [6, 6.07) is 14.2. The second kappa shape index (κ2) is 6.22. The lowest BCUT2D eigenvalue weighted by molar-refractivity contribution is -0.121. The molecule has 5 nitrogen and oxygen atoms in total. The second-order valence-corrected chi connectivity index (χ2v) is 5.84. The lowest BCUT2D eigenvalue weighted by Gasteiger charge is -2.18. The Bertz CT molecular complexity index is 723. The van der Waals surface area contributed by atoms with Gasteiger partial charge >= 0.3 is 0 Å². The van der Waals surface area contributed by atoms with E-state index in [1.54, 1.807) is 12.1 Å². The molecule has 5 heteroatoms. The van der Waals surface area contributed by atoms with Crippen LogP contribution in [0.4, 0.5) is 0 Å².